The van der Waals surface area contributed by atoms with Crippen molar-refractivity contribution < 1.29 is 4.74 Å². The van der Waals surface area contributed by atoms with Crippen LogP contribution in [-0.2, 0) is 0 Å². The Labute approximate surface area is 163 Å². The zero-order chi connectivity index (χ0) is 19.1. The summed E-state index contributed by atoms with van der Waals surface area (Å²) < 4.78 is 5.61. The number of H-pyrrole nitrogens is 1. The Morgan fingerprint density at radius 3 is 2.64 bits per heavy atom. The van der Waals surface area contributed by atoms with Crippen molar-refractivity contribution in [3.63, 3.8) is 0 Å². The number of nitrogens with one attached hydrogen (secondary N) is 2. The fourth-order valence-corrected chi connectivity index (χ4v) is 4.53. The maximum Gasteiger partial charge on any atom is 0.165 e. The van der Waals surface area contributed by atoms with Crippen molar-refractivity contribution in [2.24, 2.45) is 5.41 Å². The standard InChI is InChI=1S/C20H25N7O/c1-13-14(9-23-26-13)18-24-15-10-22-11-16(28-2)17(15)19(25-18)27-7-4-20(5-8-27)3-6-21-12-20/h9-11,21H,3-8,12H2,1-2H3,(H,23,26). The zero-order valence-corrected chi connectivity index (χ0v) is 16.3. The monoisotopic (exact) mass is 379 g/mol. The van der Waals surface area contributed by atoms with Gasteiger partial charge in [0.15, 0.2) is 5.82 Å². The Balaban J connectivity index is 1.60. The minimum absolute atomic E-state index is 0.453. The third kappa shape index (κ3) is 2.79. The Kier molecular flexibility index (Phi) is 4.16. The lowest BCUT2D eigenvalue weighted by atomic mass is 9.78. The highest BCUT2D eigenvalue weighted by Gasteiger charge is 2.38. The average molecular weight is 379 g/mol. The maximum absolute atomic E-state index is 5.61. The summed E-state index contributed by atoms with van der Waals surface area (Å²) >= 11 is 0. The molecule has 0 radical (unpaired) electrons. The predicted octanol–water partition coefficient (Wildman–Crippen LogP) is 2.31. The first kappa shape index (κ1) is 17.4. The van der Waals surface area contributed by atoms with Gasteiger partial charge in [-0.3, -0.25) is 10.1 Å². The molecule has 0 saturated carbocycles. The van der Waals surface area contributed by atoms with Crippen LogP contribution in [0.3, 0.4) is 0 Å². The molecule has 0 amide bonds. The summed E-state index contributed by atoms with van der Waals surface area (Å²) in [4.78, 5) is 16.4. The first-order chi connectivity index (χ1) is 13.7. The second-order valence-corrected chi connectivity index (χ2v) is 7.93. The molecule has 0 bridgehead atoms. The minimum Gasteiger partial charge on any atom is -0.494 e. The fourth-order valence-electron chi connectivity index (χ4n) is 4.53. The number of methoxy groups -OCH3 is 1. The highest BCUT2D eigenvalue weighted by Crippen LogP contribution is 2.41. The number of nitrogens with zero attached hydrogens (tertiary/aromatic N) is 5. The molecule has 5 rings (SSSR count). The summed E-state index contributed by atoms with van der Waals surface area (Å²) in [5.74, 6) is 2.32. The molecule has 1 spiro atoms. The lowest BCUT2D eigenvalue weighted by molar-refractivity contribution is 0.247. The van der Waals surface area contributed by atoms with Crippen LogP contribution in [0.4, 0.5) is 5.82 Å². The SMILES string of the molecule is COc1cncc2nc(-c3cn[nH]c3C)nc(N3CCC4(CCNC4)CC3)c12. The summed E-state index contributed by atoms with van der Waals surface area (Å²) in [5, 5.41) is 11.6. The molecule has 0 atom stereocenters. The van der Waals surface area contributed by atoms with Crippen LogP contribution in [0.25, 0.3) is 22.3 Å². The van der Waals surface area contributed by atoms with Crippen molar-refractivity contribution in [3.05, 3.63) is 24.3 Å². The molecule has 2 saturated heterocycles. The molecule has 0 aliphatic carbocycles. The minimum atomic E-state index is 0.453. The third-order valence-electron chi connectivity index (χ3n) is 6.30. The van der Waals surface area contributed by atoms with Crippen LogP contribution < -0.4 is 15.0 Å². The molecular formula is C20H25N7O. The number of hydrogen-bond acceptors (Lipinski definition) is 7. The lowest BCUT2D eigenvalue weighted by Gasteiger charge is -2.39. The molecule has 8 nitrogen and oxygen atoms in total. The Morgan fingerprint density at radius 1 is 1.11 bits per heavy atom. The van der Waals surface area contributed by atoms with E-state index in [0.29, 0.717) is 17.0 Å². The Bertz CT molecular complexity index is 999. The first-order valence-corrected chi connectivity index (χ1v) is 9.85. The van der Waals surface area contributed by atoms with Crippen LogP contribution in [0.15, 0.2) is 18.6 Å². The number of pyridine rings is 1. The van der Waals surface area contributed by atoms with Crippen molar-refractivity contribution in [1.82, 2.24) is 30.5 Å². The van der Waals surface area contributed by atoms with Gasteiger partial charge >= 0.3 is 0 Å². The van der Waals surface area contributed by atoms with Crippen molar-refractivity contribution in [1.29, 1.82) is 0 Å². The number of aryl methyl sites for hydroxylation is 1. The molecule has 8 heteroatoms. The van der Waals surface area contributed by atoms with Gasteiger partial charge in [-0.15, -0.1) is 0 Å². The van der Waals surface area contributed by atoms with Gasteiger partial charge in [0.2, 0.25) is 0 Å². The normalized spacial score (nSPS) is 18.9. The maximum atomic E-state index is 5.61. The highest BCUT2D eigenvalue weighted by molar-refractivity contribution is 5.95. The molecule has 2 fully saturated rings. The molecule has 0 unspecified atom stereocenters. The molecular weight excluding hydrogens is 354 g/mol. The van der Waals surface area contributed by atoms with E-state index in [9.17, 15) is 0 Å². The summed E-state index contributed by atoms with van der Waals surface area (Å²) in [6.07, 6.45) is 8.94. The number of aromatic amines is 1. The van der Waals surface area contributed by atoms with E-state index in [2.05, 4.69) is 25.4 Å². The summed E-state index contributed by atoms with van der Waals surface area (Å²) in [5.41, 5.74) is 3.12. The smallest absolute Gasteiger partial charge is 0.165 e. The lowest BCUT2D eigenvalue weighted by Crippen LogP contribution is -2.41. The van der Waals surface area contributed by atoms with Gasteiger partial charge in [-0.25, -0.2) is 9.97 Å². The summed E-state index contributed by atoms with van der Waals surface area (Å²) in [7, 11) is 1.67. The summed E-state index contributed by atoms with van der Waals surface area (Å²) in [6, 6.07) is 0. The molecule has 2 aliphatic heterocycles. The zero-order valence-electron chi connectivity index (χ0n) is 16.3. The largest absolute Gasteiger partial charge is 0.494 e. The van der Waals surface area contributed by atoms with Crippen molar-refractivity contribution in [2.75, 3.05) is 38.2 Å². The van der Waals surface area contributed by atoms with E-state index in [-0.39, 0.29) is 0 Å². The number of ether oxygens (including phenoxy) is 1. The molecule has 0 aromatic carbocycles. The molecule has 146 valence electrons. The molecule has 3 aromatic rings. The summed E-state index contributed by atoms with van der Waals surface area (Å²) in [6.45, 7) is 6.24. The molecule has 5 heterocycles. The molecule has 2 N–H and O–H groups in total. The highest BCUT2D eigenvalue weighted by atomic mass is 16.5. The van der Waals surface area contributed by atoms with Gasteiger partial charge in [-0.2, -0.15) is 5.10 Å². The topological polar surface area (TPSA) is 91.9 Å². The first-order valence-electron chi connectivity index (χ1n) is 9.85. The van der Waals surface area contributed by atoms with Gasteiger partial charge in [0, 0.05) is 25.3 Å². The number of hydrogen-bond donors (Lipinski definition) is 2. The van der Waals surface area contributed by atoms with Gasteiger partial charge < -0.3 is 15.0 Å². The number of anilines is 1. The van der Waals surface area contributed by atoms with Gasteiger partial charge in [-0.1, -0.05) is 0 Å². The fraction of sp³-hybridized carbons (Fsp3) is 0.500. The second-order valence-electron chi connectivity index (χ2n) is 7.93. The Morgan fingerprint density at radius 2 is 1.96 bits per heavy atom. The van der Waals surface area contributed by atoms with E-state index in [1.165, 1.54) is 19.3 Å². The molecule has 28 heavy (non-hydrogen) atoms. The van der Waals surface area contributed by atoms with E-state index < -0.39 is 0 Å². The van der Waals surface area contributed by atoms with Crippen molar-refractivity contribution in [2.45, 2.75) is 26.2 Å². The number of piperidine rings is 1. The van der Waals surface area contributed by atoms with Gasteiger partial charge in [0.1, 0.15) is 11.6 Å². The van der Waals surface area contributed by atoms with Crippen LogP contribution in [0.5, 0.6) is 5.75 Å². The molecule has 2 aliphatic rings. The second kappa shape index (κ2) is 6.70. The average Bonchev–Trinajstić information content (AvgIpc) is 3.36. The van der Waals surface area contributed by atoms with Crippen LogP contribution >= 0.6 is 0 Å². The quantitative estimate of drug-likeness (QED) is 0.721. The predicted molar refractivity (Wildman–Crippen MR) is 108 cm³/mol. The van der Waals surface area contributed by atoms with Crippen LogP contribution in [-0.4, -0.2) is 58.4 Å². The van der Waals surface area contributed by atoms with E-state index in [4.69, 9.17) is 14.7 Å². The van der Waals surface area contributed by atoms with E-state index in [0.717, 1.165) is 54.2 Å². The van der Waals surface area contributed by atoms with Gasteiger partial charge in [0.05, 0.1) is 42.2 Å². The number of rotatable bonds is 3. The third-order valence-corrected chi connectivity index (χ3v) is 6.30. The van der Waals surface area contributed by atoms with Crippen LogP contribution in [0, 0.1) is 12.3 Å². The van der Waals surface area contributed by atoms with Crippen molar-refractivity contribution >= 4 is 16.7 Å². The van der Waals surface area contributed by atoms with E-state index in [1.807, 2.05) is 6.92 Å². The van der Waals surface area contributed by atoms with Gasteiger partial charge in [0.25, 0.3) is 0 Å². The number of fused-ring (bicyclic) bond motifs is 1. The van der Waals surface area contributed by atoms with Crippen molar-refractivity contribution in [3.8, 4) is 17.1 Å². The molecule has 3 aromatic heterocycles. The number of aromatic nitrogens is 5. The van der Waals surface area contributed by atoms with Crippen LogP contribution in [0.1, 0.15) is 25.0 Å². The van der Waals surface area contributed by atoms with E-state index in [1.54, 1.807) is 25.7 Å². The Hall–Kier alpha value is -2.74. The van der Waals surface area contributed by atoms with E-state index >= 15 is 0 Å². The van der Waals surface area contributed by atoms with Crippen LogP contribution in [0.2, 0.25) is 0 Å². The van der Waals surface area contributed by atoms with Gasteiger partial charge in [-0.05, 0) is 38.1 Å².